The number of nitrogens with two attached hydrogens (primary N) is 1. The molecular formula is C16H24ClN5O2. The second-order valence-corrected chi connectivity index (χ2v) is 6.27. The van der Waals surface area contributed by atoms with Crippen molar-refractivity contribution in [3.05, 3.63) is 33.9 Å². The zero-order valence-corrected chi connectivity index (χ0v) is 14.6. The van der Waals surface area contributed by atoms with Gasteiger partial charge in [-0.1, -0.05) is 12.8 Å². The Bertz CT molecular complexity index is 769. The van der Waals surface area contributed by atoms with Crippen LogP contribution in [0, 0.1) is 12.8 Å². The molecule has 7 nitrogen and oxygen atoms in total. The Balaban J connectivity index is 0.00000208. The predicted molar refractivity (Wildman–Crippen MR) is 94.4 cm³/mol. The molecular weight excluding hydrogens is 330 g/mol. The molecule has 2 aromatic heterocycles. The number of nitrogens with zero attached hydrogens (tertiary/aromatic N) is 2. The molecule has 2 atom stereocenters. The summed E-state index contributed by atoms with van der Waals surface area (Å²) < 4.78 is 1.36. The fourth-order valence-electron chi connectivity index (χ4n) is 3.41. The van der Waals surface area contributed by atoms with Gasteiger partial charge in [-0.3, -0.25) is 14.7 Å². The van der Waals surface area contributed by atoms with E-state index in [-0.39, 0.29) is 36.3 Å². The van der Waals surface area contributed by atoms with Crippen LogP contribution in [0.4, 0.5) is 0 Å². The Labute approximate surface area is 146 Å². The standard InChI is InChI=1S/C16H23N5O2.ClH/c1-10-12(16(23)21-14(19-10)6-7-18-21)8-15(22)20-13-5-3-2-4-11(13)9-17;/h6-7,11,13,18H,2-5,8-9,17H2,1H3,(H,20,22);1H. The smallest absolute Gasteiger partial charge is 0.276 e. The van der Waals surface area contributed by atoms with E-state index >= 15 is 0 Å². The van der Waals surface area contributed by atoms with E-state index in [9.17, 15) is 9.59 Å². The number of hydrogen-bond donors (Lipinski definition) is 3. The van der Waals surface area contributed by atoms with Crippen LogP contribution in [0.15, 0.2) is 17.1 Å². The molecule has 0 bridgehead atoms. The summed E-state index contributed by atoms with van der Waals surface area (Å²) in [5, 5.41) is 5.88. The fraction of sp³-hybridized carbons (Fsp3) is 0.562. The van der Waals surface area contributed by atoms with Crippen LogP contribution in [-0.4, -0.2) is 33.1 Å². The van der Waals surface area contributed by atoms with Crippen molar-refractivity contribution in [2.24, 2.45) is 11.7 Å². The summed E-state index contributed by atoms with van der Waals surface area (Å²) in [6.45, 7) is 2.35. The van der Waals surface area contributed by atoms with Crippen LogP contribution in [0.1, 0.15) is 36.9 Å². The van der Waals surface area contributed by atoms with Crippen molar-refractivity contribution in [3.8, 4) is 0 Å². The molecule has 132 valence electrons. The van der Waals surface area contributed by atoms with Crippen LogP contribution in [-0.2, 0) is 11.2 Å². The van der Waals surface area contributed by atoms with Crippen LogP contribution in [0.25, 0.3) is 5.65 Å². The monoisotopic (exact) mass is 353 g/mol. The van der Waals surface area contributed by atoms with Gasteiger partial charge in [-0.05, 0) is 32.2 Å². The third kappa shape index (κ3) is 3.62. The Morgan fingerprint density at radius 2 is 2.21 bits per heavy atom. The molecule has 0 spiro atoms. The van der Waals surface area contributed by atoms with Crippen LogP contribution in [0.5, 0.6) is 0 Å². The number of fused-ring (bicyclic) bond motifs is 1. The van der Waals surface area contributed by atoms with Gasteiger partial charge in [-0.2, -0.15) is 0 Å². The Kier molecular flexibility index (Phi) is 6.01. The first-order valence-corrected chi connectivity index (χ1v) is 8.15. The zero-order chi connectivity index (χ0) is 16.4. The first-order chi connectivity index (χ1) is 11.1. The molecule has 0 aromatic carbocycles. The Morgan fingerprint density at radius 1 is 1.46 bits per heavy atom. The summed E-state index contributed by atoms with van der Waals surface area (Å²) in [6, 6.07) is 1.85. The molecule has 1 amide bonds. The van der Waals surface area contributed by atoms with Gasteiger partial charge in [0.25, 0.3) is 5.56 Å². The van der Waals surface area contributed by atoms with Crippen molar-refractivity contribution in [3.63, 3.8) is 0 Å². The number of halogens is 1. The van der Waals surface area contributed by atoms with Crippen molar-refractivity contribution in [1.29, 1.82) is 0 Å². The van der Waals surface area contributed by atoms with Crippen LogP contribution < -0.4 is 16.6 Å². The highest BCUT2D eigenvalue weighted by Crippen LogP contribution is 2.23. The number of amides is 1. The molecule has 0 saturated heterocycles. The number of H-pyrrole nitrogens is 1. The molecule has 1 aliphatic rings. The summed E-state index contributed by atoms with van der Waals surface area (Å²) in [5.74, 6) is 0.197. The molecule has 1 fully saturated rings. The summed E-state index contributed by atoms with van der Waals surface area (Å²) in [4.78, 5) is 29.2. The number of rotatable bonds is 4. The summed E-state index contributed by atoms with van der Waals surface area (Å²) in [5.41, 5.74) is 7.18. The second kappa shape index (κ2) is 7.81. The average Bonchev–Trinajstić information content (AvgIpc) is 3.00. The van der Waals surface area contributed by atoms with E-state index in [0.29, 0.717) is 29.4 Å². The van der Waals surface area contributed by atoms with E-state index < -0.39 is 0 Å². The lowest BCUT2D eigenvalue weighted by atomic mass is 9.84. The van der Waals surface area contributed by atoms with E-state index in [2.05, 4.69) is 15.4 Å². The van der Waals surface area contributed by atoms with Crippen LogP contribution in [0.2, 0.25) is 0 Å². The molecule has 3 rings (SSSR count). The van der Waals surface area contributed by atoms with Gasteiger partial charge >= 0.3 is 0 Å². The maximum absolute atomic E-state index is 12.5. The lowest BCUT2D eigenvalue weighted by Crippen LogP contribution is -2.45. The van der Waals surface area contributed by atoms with E-state index in [1.807, 2.05) is 0 Å². The first-order valence-electron chi connectivity index (χ1n) is 8.15. The molecule has 2 unspecified atom stereocenters. The maximum atomic E-state index is 12.5. The molecule has 24 heavy (non-hydrogen) atoms. The topological polar surface area (TPSA) is 105 Å². The Morgan fingerprint density at radius 3 is 2.96 bits per heavy atom. The molecule has 2 aromatic rings. The van der Waals surface area contributed by atoms with Crippen molar-refractivity contribution in [2.45, 2.75) is 45.1 Å². The zero-order valence-electron chi connectivity index (χ0n) is 13.7. The third-order valence-corrected chi connectivity index (χ3v) is 4.74. The predicted octanol–water partition coefficient (Wildman–Crippen LogP) is 0.929. The lowest BCUT2D eigenvalue weighted by Gasteiger charge is -2.31. The van der Waals surface area contributed by atoms with Gasteiger partial charge < -0.3 is 11.1 Å². The van der Waals surface area contributed by atoms with Crippen molar-refractivity contribution in [1.82, 2.24) is 19.9 Å². The lowest BCUT2D eigenvalue weighted by molar-refractivity contribution is -0.121. The van der Waals surface area contributed by atoms with Crippen molar-refractivity contribution >= 4 is 24.0 Å². The summed E-state index contributed by atoms with van der Waals surface area (Å²) in [7, 11) is 0. The van der Waals surface area contributed by atoms with Crippen LogP contribution in [0.3, 0.4) is 0 Å². The summed E-state index contributed by atoms with van der Waals surface area (Å²) in [6.07, 6.45) is 5.99. The molecule has 0 aliphatic heterocycles. The number of aryl methyl sites for hydroxylation is 1. The van der Waals surface area contributed by atoms with Gasteiger partial charge in [0.05, 0.1) is 6.42 Å². The highest BCUT2D eigenvalue weighted by Gasteiger charge is 2.26. The normalized spacial score (nSPS) is 20.6. The molecule has 0 radical (unpaired) electrons. The van der Waals surface area contributed by atoms with Crippen molar-refractivity contribution in [2.75, 3.05) is 6.54 Å². The molecule has 8 heteroatoms. The number of hydrogen-bond acceptors (Lipinski definition) is 4. The quantitative estimate of drug-likeness (QED) is 0.760. The highest BCUT2D eigenvalue weighted by atomic mass is 35.5. The number of aromatic amines is 1. The SMILES string of the molecule is Cc1nc2cc[nH]n2c(=O)c1CC(=O)NC1CCCCC1CN.Cl. The number of aromatic nitrogens is 3. The number of nitrogens with one attached hydrogen (secondary N) is 2. The van der Waals surface area contributed by atoms with Gasteiger partial charge in [0, 0.05) is 29.6 Å². The van der Waals surface area contributed by atoms with Gasteiger partial charge in [-0.25, -0.2) is 9.50 Å². The fourth-order valence-corrected chi connectivity index (χ4v) is 3.41. The molecule has 2 heterocycles. The van der Waals surface area contributed by atoms with E-state index in [1.54, 1.807) is 19.2 Å². The van der Waals surface area contributed by atoms with Gasteiger partial charge in [-0.15, -0.1) is 12.4 Å². The van der Waals surface area contributed by atoms with E-state index in [4.69, 9.17) is 5.73 Å². The maximum Gasteiger partial charge on any atom is 0.276 e. The average molecular weight is 354 g/mol. The van der Waals surface area contributed by atoms with Crippen LogP contribution >= 0.6 is 12.4 Å². The highest BCUT2D eigenvalue weighted by molar-refractivity contribution is 5.85. The minimum atomic E-state index is -0.216. The van der Waals surface area contributed by atoms with Gasteiger partial charge in [0.2, 0.25) is 5.91 Å². The van der Waals surface area contributed by atoms with Gasteiger partial charge in [0.1, 0.15) is 0 Å². The van der Waals surface area contributed by atoms with E-state index in [0.717, 1.165) is 19.3 Å². The summed E-state index contributed by atoms with van der Waals surface area (Å²) >= 11 is 0. The Hall–Kier alpha value is -1.86. The van der Waals surface area contributed by atoms with Gasteiger partial charge in [0.15, 0.2) is 5.65 Å². The van der Waals surface area contributed by atoms with E-state index in [1.165, 1.54) is 10.9 Å². The first kappa shape index (κ1) is 18.5. The molecule has 4 N–H and O–H groups in total. The molecule has 1 aliphatic carbocycles. The third-order valence-electron chi connectivity index (χ3n) is 4.74. The molecule has 1 saturated carbocycles. The number of carbonyl (C=O) groups is 1. The number of carbonyl (C=O) groups excluding carboxylic acids is 1. The second-order valence-electron chi connectivity index (χ2n) is 6.27. The van der Waals surface area contributed by atoms with Crippen molar-refractivity contribution < 1.29 is 4.79 Å². The minimum absolute atomic E-state index is 0. The largest absolute Gasteiger partial charge is 0.353 e. The minimum Gasteiger partial charge on any atom is -0.353 e.